The molecule has 6 N–H and O–H groups in total. The molecule has 3 rings (SSSR count). The minimum absolute atomic E-state index is 0.0157. The number of hydrogen-bond donors (Lipinski definition) is 6. The predicted molar refractivity (Wildman–Crippen MR) is 160 cm³/mol. The molecule has 0 unspecified atom stereocenters. The molecule has 0 aliphatic carbocycles. The summed E-state index contributed by atoms with van der Waals surface area (Å²) in [5.74, 6) is -2.29. The van der Waals surface area contributed by atoms with Gasteiger partial charge in [-0.3, -0.25) is 24.4 Å². The number of carbonyl (C=O) groups is 4. The molecule has 1 aliphatic rings. The second-order valence-electron chi connectivity index (χ2n) is 10.0. The van der Waals surface area contributed by atoms with Gasteiger partial charge in [-0.05, 0) is 23.5 Å². The molecule has 2 aromatic carbocycles. The SMILES string of the molecule is CC(C)C[C@@H](C(=O)O)N(C(=O)[C@H](Cc1ccccc1)NC(=O)[C@H](Cc1ccccc1)NC=O)N1C=CN=CC1.OB(O)O. The molecule has 3 amide bonds. The first-order valence-electron chi connectivity index (χ1n) is 13.7. The van der Waals surface area contributed by atoms with Gasteiger partial charge in [-0.25, -0.2) is 9.80 Å². The van der Waals surface area contributed by atoms with E-state index in [2.05, 4.69) is 15.6 Å². The molecular weight excluding hydrogens is 557 g/mol. The number of carboxylic acids is 1. The maximum Gasteiger partial charge on any atom is 0.631 e. The number of carboxylic acid groups (broad SMARTS) is 1. The molecule has 230 valence electrons. The van der Waals surface area contributed by atoms with Crippen molar-refractivity contribution < 1.29 is 39.4 Å². The Hall–Kier alpha value is -4.53. The summed E-state index contributed by atoms with van der Waals surface area (Å²) in [6.45, 7) is 3.96. The number of benzene rings is 2. The fourth-order valence-electron chi connectivity index (χ4n) is 4.38. The van der Waals surface area contributed by atoms with Crippen molar-refractivity contribution in [3.8, 4) is 0 Å². The lowest BCUT2D eigenvalue weighted by Gasteiger charge is -2.40. The summed E-state index contributed by atoms with van der Waals surface area (Å²) in [5, 5.41) is 39.7. The van der Waals surface area contributed by atoms with Gasteiger partial charge in [0.05, 0.1) is 6.54 Å². The van der Waals surface area contributed by atoms with Crippen LogP contribution in [0.15, 0.2) is 78.1 Å². The van der Waals surface area contributed by atoms with E-state index in [1.165, 1.54) is 16.2 Å². The van der Waals surface area contributed by atoms with Crippen LogP contribution >= 0.6 is 0 Å². The highest BCUT2D eigenvalue weighted by atomic mass is 16.5. The zero-order valence-electron chi connectivity index (χ0n) is 24.1. The third kappa shape index (κ3) is 12.1. The van der Waals surface area contributed by atoms with Crippen molar-refractivity contribution >= 4 is 37.7 Å². The van der Waals surface area contributed by atoms with Crippen LogP contribution in [0.1, 0.15) is 31.4 Å². The lowest BCUT2D eigenvalue weighted by molar-refractivity contribution is -0.166. The average Bonchev–Trinajstić information content (AvgIpc) is 2.97. The number of nitrogens with zero attached hydrogens (tertiary/aromatic N) is 3. The average molecular weight is 595 g/mol. The zero-order chi connectivity index (χ0) is 31.8. The fraction of sp³-hybridized carbons (Fsp3) is 0.345. The van der Waals surface area contributed by atoms with E-state index in [4.69, 9.17) is 15.1 Å². The van der Waals surface area contributed by atoms with Gasteiger partial charge in [-0.1, -0.05) is 74.5 Å². The third-order valence-electron chi connectivity index (χ3n) is 6.24. The molecule has 1 aliphatic heterocycles. The summed E-state index contributed by atoms with van der Waals surface area (Å²) in [4.78, 5) is 55.4. The number of aliphatic imine (C=N–C) groups is 1. The monoisotopic (exact) mass is 595 g/mol. The Morgan fingerprint density at radius 2 is 1.51 bits per heavy atom. The Morgan fingerprint density at radius 3 is 1.95 bits per heavy atom. The molecular formula is C29H38BN5O8. The second kappa shape index (κ2) is 18.1. The van der Waals surface area contributed by atoms with Gasteiger partial charge in [0.15, 0.2) is 6.04 Å². The Labute approximate surface area is 250 Å². The number of amides is 3. The van der Waals surface area contributed by atoms with Crippen molar-refractivity contribution in [3.05, 3.63) is 84.2 Å². The highest BCUT2D eigenvalue weighted by Gasteiger charge is 2.38. The summed E-state index contributed by atoms with van der Waals surface area (Å²) in [6, 6.07) is 15.2. The summed E-state index contributed by atoms with van der Waals surface area (Å²) < 4.78 is 0. The van der Waals surface area contributed by atoms with Crippen LogP contribution in [0.5, 0.6) is 0 Å². The van der Waals surface area contributed by atoms with Crippen LogP contribution in [0.2, 0.25) is 0 Å². The maximum atomic E-state index is 14.2. The van der Waals surface area contributed by atoms with Crippen molar-refractivity contribution in [2.24, 2.45) is 10.9 Å². The predicted octanol–water partition coefficient (Wildman–Crippen LogP) is 0.120. The molecule has 2 aromatic rings. The van der Waals surface area contributed by atoms with Crippen LogP contribution < -0.4 is 10.6 Å². The summed E-state index contributed by atoms with van der Waals surface area (Å²) in [7, 11) is -2.17. The highest BCUT2D eigenvalue weighted by molar-refractivity contribution is 6.30. The van der Waals surface area contributed by atoms with Crippen molar-refractivity contribution in [2.75, 3.05) is 6.54 Å². The number of aliphatic carboxylic acids is 1. The van der Waals surface area contributed by atoms with Crippen molar-refractivity contribution in [2.45, 2.75) is 51.2 Å². The maximum absolute atomic E-state index is 14.2. The molecule has 0 saturated heterocycles. The Balaban J connectivity index is 0.00000151. The van der Waals surface area contributed by atoms with Crippen LogP contribution in [0.3, 0.4) is 0 Å². The first kappa shape index (κ1) is 34.7. The largest absolute Gasteiger partial charge is 0.631 e. The zero-order valence-corrected chi connectivity index (χ0v) is 24.1. The highest BCUT2D eigenvalue weighted by Crippen LogP contribution is 2.19. The molecule has 0 fully saturated rings. The van der Waals surface area contributed by atoms with E-state index >= 15 is 0 Å². The van der Waals surface area contributed by atoms with E-state index in [1.54, 1.807) is 12.4 Å². The molecule has 43 heavy (non-hydrogen) atoms. The summed E-state index contributed by atoms with van der Waals surface area (Å²) in [6.07, 6.45) is 5.60. The molecule has 13 nitrogen and oxygen atoms in total. The van der Waals surface area contributed by atoms with Gasteiger partial charge in [0.1, 0.15) is 12.1 Å². The smallest absolute Gasteiger partial charge is 0.480 e. The molecule has 3 atom stereocenters. The minimum atomic E-state index is -2.17. The number of hydrazine groups is 1. The first-order chi connectivity index (χ1) is 20.5. The lowest BCUT2D eigenvalue weighted by atomic mass is 10.00. The van der Waals surface area contributed by atoms with Crippen LogP contribution in [-0.2, 0) is 32.0 Å². The molecule has 0 spiro atoms. The van der Waals surface area contributed by atoms with Gasteiger partial charge >= 0.3 is 13.3 Å². The second-order valence-corrected chi connectivity index (χ2v) is 10.0. The number of rotatable bonds is 14. The normalized spacial score (nSPS) is 14.0. The molecule has 14 heteroatoms. The number of hydrogen-bond acceptors (Lipinski definition) is 9. The number of nitrogens with one attached hydrogen (secondary N) is 2. The van der Waals surface area contributed by atoms with Crippen molar-refractivity contribution in [3.63, 3.8) is 0 Å². The van der Waals surface area contributed by atoms with Gasteiger partial charge < -0.3 is 30.8 Å². The van der Waals surface area contributed by atoms with Crippen LogP contribution in [0, 0.1) is 5.92 Å². The van der Waals surface area contributed by atoms with Gasteiger partial charge in [0.2, 0.25) is 12.3 Å². The first-order valence-corrected chi connectivity index (χ1v) is 13.7. The van der Waals surface area contributed by atoms with Crippen molar-refractivity contribution in [1.29, 1.82) is 0 Å². The summed E-state index contributed by atoms with van der Waals surface area (Å²) in [5.41, 5.74) is 1.62. The fourth-order valence-corrected chi connectivity index (χ4v) is 4.38. The van der Waals surface area contributed by atoms with E-state index in [0.29, 0.717) is 6.41 Å². The van der Waals surface area contributed by atoms with Gasteiger partial charge in [-0.2, -0.15) is 0 Å². The Morgan fingerprint density at radius 1 is 0.977 bits per heavy atom. The number of carbonyl (C=O) groups excluding carboxylic acids is 3. The molecule has 0 aromatic heterocycles. The topological polar surface area (TPSA) is 192 Å². The van der Waals surface area contributed by atoms with E-state index in [-0.39, 0.29) is 31.7 Å². The molecule has 0 saturated carbocycles. The standard InChI is InChI=1S/C29H35N5O5.BH3O3/c1-21(2)17-26(29(38)39)34(33-15-13-30-14-16-33)28(37)25(19-23-11-7-4-8-12-23)32-27(36)24(31-20-35)18-22-9-5-3-6-10-22;2-1(3)4/h3-15,20-21,24-26H,16-19H2,1-2H3,(H,31,35)(H,32,36)(H,38,39);2-4H/t24-,25-,26-;/m0./s1. The quantitative estimate of drug-likeness (QED) is 0.130. The Kier molecular flexibility index (Phi) is 14.6. The van der Waals surface area contributed by atoms with E-state index < -0.39 is 43.2 Å². The van der Waals surface area contributed by atoms with Crippen molar-refractivity contribution in [1.82, 2.24) is 20.7 Å². The van der Waals surface area contributed by atoms with Crippen LogP contribution in [0.4, 0.5) is 0 Å². The van der Waals surface area contributed by atoms with Gasteiger partial charge in [0, 0.05) is 31.5 Å². The van der Waals surface area contributed by atoms with E-state index in [1.807, 2.05) is 74.5 Å². The molecule has 0 radical (unpaired) electrons. The minimum Gasteiger partial charge on any atom is -0.480 e. The third-order valence-corrected chi connectivity index (χ3v) is 6.24. The molecule has 1 heterocycles. The van der Waals surface area contributed by atoms with Gasteiger partial charge in [-0.15, -0.1) is 0 Å². The van der Waals surface area contributed by atoms with E-state index in [0.717, 1.165) is 11.1 Å². The Bertz CT molecular complexity index is 1230. The van der Waals surface area contributed by atoms with Crippen LogP contribution in [-0.4, -0.2) is 92.6 Å². The summed E-state index contributed by atoms with van der Waals surface area (Å²) >= 11 is 0. The lowest BCUT2D eigenvalue weighted by Crippen LogP contribution is -2.61. The van der Waals surface area contributed by atoms with Crippen LogP contribution in [0.25, 0.3) is 0 Å². The molecule has 0 bridgehead atoms. The van der Waals surface area contributed by atoms with Gasteiger partial charge in [0.25, 0.3) is 5.91 Å². The van der Waals surface area contributed by atoms with E-state index in [9.17, 15) is 24.3 Å².